The molecule has 2 aromatic carbocycles. The lowest BCUT2D eigenvalue weighted by Gasteiger charge is -2.11. The second kappa shape index (κ2) is 8.19. The molecule has 0 atom stereocenters. The molecule has 0 radical (unpaired) electrons. The minimum Gasteiger partial charge on any atom is -0.480 e. The topological polar surface area (TPSA) is 75.6 Å². The molecule has 5 nitrogen and oxygen atoms in total. The Hall–Kier alpha value is -2.53. The van der Waals surface area contributed by atoms with Gasteiger partial charge in [-0.05, 0) is 42.3 Å². The highest BCUT2D eigenvalue weighted by Gasteiger charge is 2.08. The Bertz CT molecular complexity index is 685. The SMILES string of the molecule is O=C(O)CNC(=O)CCc1ccccc1Oc1ccc(Cl)cc1. The lowest BCUT2D eigenvalue weighted by molar-refractivity contribution is -0.137. The third kappa shape index (κ3) is 5.64. The largest absolute Gasteiger partial charge is 0.480 e. The summed E-state index contributed by atoms with van der Waals surface area (Å²) in [7, 11) is 0. The zero-order chi connectivity index (χ0) is 16.7. The summed E-state index contributed by atoms with van der Waals surface area (Å²) in [5.74, 6) is -0.0726. The summed E-state index contributed by atoms with van der Waals surface area (Å²) in [5, 5.41) is 11.5. The van der Waals surface area contributed by atoms with Gasteiger partial charge < -0.3 is 15.2 Å². The van der Waals surface area contributed by atoms with Crippen molar-refractivity contribution in [1.29, 1.82) is 0 Å². The molecule has 0 spiro atoms. The average molecular weight is 334 g/mol. The van der Waals surface area contributed by atoms with Crippen LogP contribution in [0.25, 0.3) is 0 Å². The lowest BCUT2D eigenvalue weighted by Crippen LogP contribution is -2.29. The molecule has 0 saturated heterocycles. The minimum atomic E-state index is -1.06. The number of ether oxygens (including phenoxy) is 1. The molecule has 2 aromatic rings. The first kappa shape index (κ1) is 16.8. The first-order chi connectivity index (χ1) is 11.0. The maximum atomic E-state index is 11.6. The summed E-state index contributed by atoms with van der Waals surface area (Å²) < 4.78 is 5.81. The van der Waals surface area contributed by atoms with Crippen LogP contribution in [0.5, 0.6) is 11.5 Å². The van der Waals surface area contributed by atoms with Gasteiger partial charge in [0.25, 0.3) is 0 Å². The first-order valence-electron chi connectivity index (χ1n) is 7.04. The average Bonchev–Trinajstić information content (AvgIpc) is 2.54. The van der Waals surface area contributed by atoms with Gasteiger partial charge in [0.2, 0.25) is 5.91 Å². The van der Waals surface area contributed by atoms with E-state index in [0.29, 0.717) is 22.9 Å². The fourth-order valence-electron chi connectivity index (χ4n) is 1.95. The number of carbonyl (C=O) groups is 2. The maximum Gasteiger partial charge on any atom is 0.322 e. The molecule has 0 saturated carbocycles. The molecule has 0 unspecified atom stereocenters. The molecule has 120 valence electrons. The second-order valence-corrected chi connectivity index (χ2v) is 5.27. The number of hydrogen-bond acceptors (Lipinski definition) is 3. The fraction of sp³-hybridized carbons (Fsp3) is 0.176. The number of aliphatic carboxylic acids is 1. The molecule has 0 aliphatic carbocycles. The predicted octanol–water partition coefficient (Wildman–Crippen LogP) is 3.27. The van der Waals surface area contributed by atoms with Gasteiger partial charge in [-0.3, -0.25) is 9.59 Å². The van der Waals surface area contributed by atoms with E-state index in [1.807, 2.05) is 24.3 Å². The fourth-order valence-corrected chi connectivity index (χ4v) is 2.08. The van der Waals surface area contributed by atoms with Gasteiger partial charge in [0.15, 0.2) is 0 Å². The Morgan fingerprint density at radius 3 is 2.48 bits per heavy atom. The highest BCUT2D eigenvalue weighted by atomic mass is 35.5. The van der Waals surface area contributed by atoms with Crippen molar-refractivity contribution >= 4 is 23.5 Å². The lowest BCUT2D eigenvalue weighted by atomic mass is 10.1. The molecule has 2 N–H and O–H groups in total. The maximum absolute atomic E-state index is 11.6. The zero-order valence-corrected chi connectivity index (χ0v) is 13.0. The third-order valence-corrected chi connectivity index (χ3v) is 3.32. The number of carboxylic acid groups (broad SMARTS) is 1. The van der Waals surface area contributed by atoms with Crippen LogP contribution in [-0.4, -0.2) is 23.5 Å². The molecule has 0 aromatic heterocycles. The summed E-state index contributed by atoms with van der Waals surface area (Å²) in [5.41, 5.74) is 0.868. The van der Waals surface area contributed by atoms with Crippen LogP contribution in [-0.2, 0) is 16.0 Å². The van der Waals surface area contributed by atoms with E-state index in [2.05, 4.69) is 5.32 Å². The molecule has 0 aliphatic rings. The van der Waals surface area contributed by atoms with E-state index in [-0.39, 0.29) is 18.9 Å². The number of para-hydroxylation sites is 1. The van der Waals surface area contributed by atoms with E-state index in [9.17, 15) is 9.59 Å². The Labute approximate surface area is 138 Å². The molecular formula is C17H16ClNO4. The van der Waals surface area contributed by atoms with Crippen LogP contribution in [0.1, 0.15) is 12.0 Å². The molecule has 0 bridgehead atoms. The zero-order valence-electron chi connectivity index (χ0n) is 12.3. The van der Waals surface area contributed by atoms with Gasteiger partial charge in [0.05, 0.1) is 0 Å². The number of carboxylic acids is 1. The van der Waals surface area contributed by atoms with E-state index in [1.54, 1.807) is 24.3 Å². The first-order valence-corrected chi connectivity index (χ1v) is 7.42. The highest BCUT2D eigenvalue weighted by Crippen LogP contribution is 2.27. The predicted molar refractivity (Wildman–Crippen MR) is 86.9 cm³/mol. The minimum absolute atomic E-state index is 0.189. The molecule has 0 aliphatic heterocycles. The smallest absolute Gasteiger partial charge is 0.322 e. The van der Waals surface area contributed by atoms with Crippen LogP contribution in [0.4, 0.5) is 0 Å². The molecular weight excluding hydrogens is 318 g/mol. The van der Waals surface area contributed by atoms with Crippen molar-refractivity contribution in [3.05, 3.63) is 59.1 Å². The number of hydrogen-bond donors (Lipinski definition) is 2. The quantitative estimate of drug-likeness (QED) is 0.815. The van der Waals surface area contributed by atoms with Crippen LogP contribution in [0, 0.1) is 0 Å². The summed E-state index contributed by atoms with van der Waals surface area (Å²) in [6.07, 6.45) is 0.642. The summed E-state index contributed by atoms with van der Waals surface area (Å²) in [6.45, 7) is -0.373. The van der Waals surface area contributed by atoms with Gasteiger partial charge in [-0.25, -0.2) is 0 Å². The monoisotopic (exact) mass is 333 g/mol. The second-order valence-electron chi connectivity index (χ2n) is 4.83. The highest BCUT2D eigenvalue weighted by molar-refractivity contribution is 6.30. The summed E-state index contributed by atoms with van der Waals surface area (Å²) >= 11 is 5.84. The van der Waals surface area contributed by atoms with Crippen LogP contribution in [0.3, 0.4) is 0 Å². The van der Waals surface area contributed by atoms with Crippen LogP contribution >= 0.6 is 11.6 Å². The Balaban J connectivity index is 1.98. The Morgan fingerprint density at radius 2 is 1.78 bits per heavy atom. The van der Waals surface area contributed by atoms with Crippen LogP contribution in [0.15, 0.2) is 48.5 Å². The van der Waals surface area contributed by atoms with Gasteiger partial charge in [-0.1, -0.05) is 29.8 Å². The molecule has 2 rings (SSSR count). The summed E-state index contributed by atoms with van der Waals surface area (Å²) in [6, 6.07) is 14.4. The van der Waals surface area contributed by atoms with Crippen molar-refractivity contribution < 1.29 is 19.4 Å². The number of halogens is 1. The van der Waals surface area contributed by atoms with Crippen LogP contribution < -0.4 is 10.1 Å². The van der Waals surface area contributed by atoms with Crippen molar-refractivity contribution in [3.63, 3.8) is 0 Å². The van der Waals surface area contributed by atoms with Crippen molar-refractivity contribution in [2.75, 3.05) is 6.54 Å². The van der Waals surface area contributed by atoms with E-state index >= 15 is 0 Å². The third-order valence-electron chi connectivity index (χ3n) is 3.07. The number of rotatable bonds is 7. The number of carbonyl (C=O) groups excluding carboxylic acids is 1. The molecule has 1 amide bonds. The molecule has 23 heavy (non-hydrogen) atoms. The van der Waals surface area contributed by atoms with Crippen molar-refractivity contribution in [3.8, 4) is 11.5 Å². The van der Waals surface area contributed by atoms with Gasteiger partial charge in [0.1, 0.15) is 18.0 Å². The standard InChI is InChI=1S/C17H16ClNO4/c18-13-6-8-14(9-7-13)23-15-4-2-1-3-12(15)5-10-16(20)19-11-17(21)22/h1-4,6-9H,5,10-11H2,(H,19,20)(H,21,22). The number of aryl methyl sites for hydroxylation is 1. The van der Waals surface area contributed by atoms with Crippen molar-refractivity contribution in [1.82, 2.24) is 5.32 Å². The molecule has 0 fully saturated rings. The Kier molecular flexibility index (Phi) is 6.00. The van der Waals surface area contributed by atoms with Gasteiger partial charge >= 0.3 is 5.97 Å². The van der Waals surface area contributed by atoms with E-state index in [1.165, 1.54) is 0 Å². The van der Waals surface area contributed by atoms with E-state index < -0.39 is 5.97 Å². The summed E-state index contributed by atoms with van der Waals surface area (Å²) in [4.78, 5) is 22.0. The normalized spacial score (nSPS) is 10.1. The van der Waals surface area contributed by atoms with Gasteiger partial charge in [-0.15, -0.1) is 0 Å². The van der Waals surface area contributed by atoms with Crippen molar-refractivity contribution in [2.24, 2.45) is 0 Å². The van der Waals surface area contributed by atoms with E-state index in [4.69, 9.17) is 21.4 Å². The molecule has 6 heteroatoms. The number of amides is 1. The van der Waals surface area contributed by atoms with Crippen LogP contribution in [0.2, 0.25) is 5.02 Å². The van der Waals surface area contributed by atoms with Gasteiger partial charge in [-0.2, -0.15) is 0 Å². The molecule has 0 heterocycles. The number of benzene rings is 2. The number of nitrogens with one attached hydrogen (secondary N) is 1. The van der Waals surface area contributed by atoms with E-state index in [0.717, 1.165) is 5.56 Å². The Morgan fingerprint density at radius 1 is 1.09 bits per heavy atom. The van der Waals surface area contributed by atoms with Crippen molar-refractivity contribution in [2.45, 2.75) is 12.8 Å². The van der Waals surface area contributed by atoms with Gasteiger partial charge in [0, 0.05) is 11.4 Å².